The van der Waals surface area contributed by atoms with E-state index < -0.39 is 6.10 Å². The monoisotopic (exact) mass is 256 g/mol. The van der Waals surface area contributed by atoms with Crippen molar-refractivity contribution in [3.63, 3.8) is 0 Å². The summed E-state index contributed by atoms with van der Waals surface area (Å²) in [6.07, 6.45) is 4.18. The lowest BCUT2D eigenvalue weighted by Crippen LogP contribution is -2.10. The fourth-order valence-electron chi connectivity index (χ4n) is 1.93. The van der Waals surface area contributed by atoms with E-state index in [1.165, 1.54) is 6.07 Å². The fraction of sp³-hybridized carbons (Fsp3) is 0.176. The lowest BCUT2D eigenvalue weighted by atomic mass is 10.0. The summed E-state index contributed by atoms with van der Waals surface area (Å²) in [4.78, 5) is 0. The van der Waals surface area contributed by atoms with Crippen LogP contribution < -0.4 is 0 Å². The van der Waals surface area contributed by atoms with Crippen molar-refractivity contribution in [2.24, 2.45) is 0 Å². The molecule has 1 N–H and O–H groups in total. The van der Waals surface area contributed by atoms with Gasteiger partial charge in [0.25, 0.3) is 0 Å². The van der Waals surface area contributed by atoms with E-state index in [1.807, 2.05) is 42.5 Å². The minimum Gasteiger partial charge on any atom is -0.392 e. The van der Waals surface area contributed by atoms with E-state index in [0.29, 0.717) is 18.4 Å². The van der Waals surface area contributed by atoms with E-state index in [4.69, 9.17) is 0 Å². The molecule has 0 bridgehead atoms. The van der Waals surface area contributed by atoms with Gasteiger partial charge in [-0.2, -0.15) is 0 Å². The van der Waals surface area contributed by atoms with Crippen molar-refractivity contribution in [2.45, 2.75) is 18.9 Å². The van der Waals surface area contributed by atoms with Crippen LogP contribution in [0, 0.1) is 5.82 Å². The first-order valence-corrected chi connectivity index (χ1v) is 6.39. The van der Waals surface area contributed by atoms with Crippen LogP contribution in [0.3, 0.4) is 0 Å². The van der Waals surface area contributed by atoms with E-state index in [9.17, 15) is 9.50 Å². The highest BCUT2D eigenvalue weighted by atomic mass is 19.1. The zero-order valence-electron chi connectivity index (χ0n) is 10.7. The topological polar surface area (TPSA) is 20.2 Å². The summed E-state index contributed by atoms with van der Waals surface area (Å²) in [5, 5.41) is 9.89. The number of hydrogen-bond acceptors (Lipinski definition) is 1. The number of benzene rings is 2. The first kappa shape index (κ1) is 13.5. The van der Waals surface area contributed by atoms with Crippen LogP contribution in [-0.2, 0) is 6.42 Å². The molecule has 2 rings (SSSR count). The quantitative estimate of drug-likeness (QED) is 0.862. The lowest BCUT2D eigenvalue weighted by molar-refractivity contribution is 0.177. The third-order valence-electron chi connectivity index (χ3n) is 2.93. The minimum atomic E-state index is -0.558. The number of rotatable bonds is 5. The molecule has 0 amide bonds. The maximum atomic E-state index is 13.4. The predicted molar refractivity (Wildman–Crippen MR) is 76.2 cm³/mol. The van der Waals surface area contributed by atoms with Gasteiger partial charge < -0.3 is 5.11 Å². The van der Waals surface area contributed by atoms with Crippen molar-refractivity contribution >= 4 is 6.08 Å². The van der Waals surface area contributed by atoms with E-state index in [-0.39, 0.29) is 5.82 Å². The highest BCUT2D eigenvalue weighted by Gasteiger charge is 2.07. The molecule has 0 saturated heterocycles. The molecule has 0 spiro atoms. The van der Waals surface area contributed by atoms with Crippen LogP contribution in [0.2, 0.25) is 0 Å². The molecule has 0 aromatic heterocycles. The molecule has 0 aliphatic rings. The van der Waals surface area contributed by atoms with Gasteiger partial charge in [-0.15, -0.1) is 0 Å². The van der Waals surface area contributed by atoms with Gasteiger partial charge in [0.15, 0.2) is 0 Å². The smallest absolute Gasteiger partial charge is 0.126 e. The molecule has 1 nitrogen and oxygen atoms in total. The summed E-state index contributed by atoms with van der Waals surface area (Å²) in [5.41, 5.74) is 1.66. The minimum absolute atomic E-state index is 0.256. The van der Waals surface area contributed by atoms with Gasteiger partial charge in [-0.1, -0.05) is 60.7 Å². The Morgan fingerprint density at radius 2 is 1.68 bits per heavy atom. The Hall–Kier alpha value is -1.93. The molecular weight excluding hydrogens is 239 g/mol. The van der Waals surface area contributed by atoms with Crippen molar-refractivity contribution in [3.8, 4) is 0 Å². The summed E-state index contributed by atoms with van der Waals surface area (Å²) < 4.78 is 13.4. The second-order valence-corrected chi connectivity index (χ2v) is 4.50. The van der Waals surface area contributed by atoms with E-state index in [2.05, 4.69) is 0 Å². The standard InChI is InChI=1S/C17H17FO/c18-17-12-5-4-10-15(17)13-16(19)11-6-9-14-7-2-1-3-8-14/h1-10,12,16,19H,11,13H2/b9-6+. The Kier molecular flexibility index (Phi) is 4.87. The largest absolute Gasteiger partial charge is 0.392 e. The third-order valence-corrected chi connectivity index (χ3v) is 2.93. The maximum absolute atomic E-state index is 13.4. The molecule has 0 heterocycles. The predicted octanol–water partition coefficient (Wildman–Crippen LogP) is 3.83. The first-order valence-electron chi connectivity index (χ1n) is 6.39. The Morgan fingerprint density at radius 1 is 1.00 bits per heavy atom. The number of aliphatic hydroxyl groups excluding tert-OH is 1. The van der Waals surface area contributed by atoms with E-state index in [1.54, 1.807) is 18.2 Å². The van der Waals surface area contributed by atoms with Crippen LogP contribution in [-0.4, -0.2) is 11.2 Å². The van der Waals surface area contributed by atoms with Gasteiger partial charge in [-0.25, -0.2) is 4.39 Å². The van der Waals surface area contributed by atoms with Crippen LogP contribution in [0.1, 0.15) is 17.5 Å². The van der Waals surface area contributed by atoms with Gasteiger partial charge in [-0.05, 0) is 23.6 Å². The van der Waals surface area contributed by atoms with Crippen molar-refractivity contribution in [1.29, 1.82) is 0 Å². The van der Waals surface area contributed by atoms with Crippen molar-refractivity contribution in [1.82, 2.24) is 0 Å². The SMILES string of the molecule is OC(C/C=C/c1ccccc1)Cc1ccccc1F. The molecule has 2 heteroatoms. The average Bonchev–Trinajstić information content (AvgIpc) is 2.43. The Labute approximate surface area is 113 Å². The van der Waals surface area contributed by atoms with Crippen LogP contribution >= 0.6 is 0 Å². The van der Waals surface area contributed by atoms with Gasteiger partial charge in [0, 0.05) is 6.42 Å². The second kappa shape index (κ2) is 6.86. The number of halogens is 1. The molecule has 0 aliphatic carbocycles. The summed E-state index contributed by atoms with van der Waals surface area (Å²) in [6, 6.07) is 16.5. The highest BCUT2D eigenvalue weighted by Crippen LogP contribution is 2.11. The molecule has 2 aromatic carbocycles. The average molecular weight is 256 g/mol. The van der Waals surface area contributed by atoms with Gasteiger partial charge in [0.2, 0.25) is 0 Å². The molecule has 1 atom stereocenters. The van der Waals surface area contributed by atoms with Crippen molar-refractivity contribution in [2.75, 3.05) is 0 Å². The second-order valence-electron chi connectivity index (χ2n) is 4.50. The third kappa shape index (κ3) is 4.34. The molecule has 98 valence electrons. The normalized spacial score (nSPS) is 12.7. The molecule has 0 fully saturated rings. The molecule has 0 radical (unpaired) electrons. The highest BCUT2D eigenvalue weighted by molar-refractivity contribution is 5.48. The maximum Gasteiger partial charge on any atom is 0.126 e. The molecule has 0 saturated carbocycles. The summed E-state index contributed by atoms with van der Waals surface area (Å²) in [6.45, 7) is 0. The van der Waals surface area contributed by atoms with Crippen LogP contribution in [0.5, 0.6) is 0 Å². The Bertz CT molecular complexity index is 534. The fourth-order valence-corrected chi connectivity index (χ4v) is 1.93. The van der Waals surface area contributed by atoms with Crippen LogP contribution in [0.25, 0.3) is 6.08 Å². The molecular formula is C17H17FO. The summed E-state index contributed by atoms with van der Waals surface area (Å²) >= 11 is 0. The first-order chi connectivity index (χ1) is 9.25. The zero-order chi connectivity index (χ0) is 13.5. The Balaban J connectivity index is 1.87. The van der Waals surface area contributed by atoms with E-state index >= 15 is 0 Å². The van der Waals surface area contributed by atoms with Gasteiger partial charge in [0.05, 0.1) is 6.10 Å². The van der Waals surface area contributed by atoms with Gasteiger partial charge in [-0.3, -0.25) is 0 Å². The lowest BCUT2D eigenvalue weighted by Gasteiger charge is -2.08. The van der Waals surface area contributed by atoms with Gasteiger partial charge >= 0.3 is 0 Å². The molecule has 0 aliphatic heterocycles. The number of aliphatic hydroxyl groups is 1. The molecule has 2 aromatic rings. The van der Waals surface area contributed by atoms with E-state index in [0.717, 1.165) is 5.56 Å². The summed E-state index contributed by atoms with van der Waals surface area (Å²) in [7, 11) is 0. The number of hydrogen-bond donors (Lipinski definition) is 1. The zero-order valence-corrected chi connectivity index (χ0v) is 10.7. The summed E-state index contributed by atoms with van der Waals surface area (Å²) in [5.74, 6) is -0.256. The van der Waals surface area contributed by atoms with Gasteiger partial charge in [0.1, 0.15) is 5.82 Å². The molecule has 1 unspecified atom stereocenters. The van der Waals surface area contributed by atoms with Crippen molar-refractivity contribution in [3.05, 3.63) is 77.6 Å². The van der Waals surface area contributed by atoms with Crippen LogP contribution in [0.4, 0.5) is 4.39 Å². The molecule has 19 heavy (non-hydrogen) atoms. The van der Waals surface area contributed by atoms with Crippen LogP contribution in [0.15, 0.2) is 60.7 Å². The Morgan fingerprint density at radius 3 is 2.42 bits per heavy atom. The van der Waals surface area contributed by atoms with Crippen molar-refractivity contribution < 1.29 is 9.50 Å².